The van der Waals surface area contributed by atoms with Crippen molar-refractivity contribution in [2.24, 2.45) is 0 Å². The van der Waals surface area contributed by atoms with Crippen LogP contribution in [-0.4, -0.2) is 61.0 Å². The lowest BCUT2D eigenvalue weighted by Crippen LogP contribution is -2.28. The average molecular weight is 353 g/mol. The lowest BCUT2D eigenvalue weighted by Gasteiger charge is -2.18. The lowest BCUT2D eigenvalue weighted by molar-refractivity contribution is 0.0947. The minimum absolute atomic E-state index is 0.135. The summed E-state index contributed by atoms with van der Waals surface area (Å²) in [6, 6.07) is 11.7. The zero-order chi connectivity index (χ0) is 18.4. The Kier molecular flexibility index (Phi) is 6.17. The number of benzene rings is 1. The first-order valence-corrected chi connectivity index (χ1v) is 9.26. The topological polar surface area (TPSA) is 61.4 Å². The van der Waals surface area contributed by atoms with E-state index in [0.717, 1.165) is 50.3 Å². The molecule has 3 rings (SSSR count). The molecule has 1 aliphatic heterocycles. The molecule has 1 N–H and O–H groups in total. The molecule has 1 fully saturated rings. The van der Waals surface area contributed by atoms with Gasteiger partial charge in [-0.3, -0.25) is 4.79 Å². The van der Waals surface area contributed by atoms with Crippen molar-refractivity contribution in [1.29, 1.82) is 0 Å². The molecule has 6 heteroatoms. The van der Waals surface area contributed by atoms with E-state index >= 15 is 0 Å². The molecule has 0 radical (unpaired) electrons. The zero-order valence-electron chi connectivity index (χ0n) is 15.6. The maximum Gasteiger partial charge on any atom is 0.270 e. The number of hydrogen-bond donors (Lipinski definition) is 1. The Balaban J connectivity index is 1.81. The fourth-order valence-electron chi connectivity index (χ4n) is 3.06. The summed E-state index contributed by atoms with van der Waals surface area (Å²) in [5, 5.41) is 2.98. The number of anilines is 1. The summed E-state index contributed by atoms with van der Waals surface area (Å²) in [6.45, 7) is 3.54. The Labute approximate surface area is 155 Å². The first-order chi connectivity index (χ1) is 12.6. The molecule has 1 saturated heterocycles. The average Bonchev–Trinajstić information content (AvgIpc) is 3.20. The SMILES string of the molecule is CN(C)CCCNC(=O)c1cc(N2CCCC2)nc(-c2ccccc2)n1. The quantitative estimate of drug-likeness (QED) is 0.775. The number of aromatic nitrogens is 2. The molecule has 0 bridgehead atoms. The molecular weight excluding hydrogens is 326 g/mol. The monoisotopic (exact) mass is 353 g/mol. The number of nitrogens with one attached hydrogen (secondary N) is 1. The molecule has 1 amide bonds. The van der Waals surface area contributed by atoms with Crippen molar-refractivity contribution in [3.63, 3.8) is 0 Å². The van der Waals surface area contributed by atoms with Crippen LogP contribution in [0.15, 0.2) is 36.4 Å². The summed E-state index contributed by atoms with van der Waals surface area (Å²) < 4.78 is 0. The Hall–Kier alpha value is -2.47. The van der Waals surface area contributed by atoms with Crippen molar-refractivity contribution in [2.75, 3.05) is 45.2 Å². The van der Waals surface area contributed by atoms with Gasteiger partial charge in [-0.1, -0.05) is 30.3 Å². The maximum absolute atomic E-state index is 12.6. The number of nitrogens with zero attached hydrogens (tertiary/aromatic N) is 4. The van der Waals surface area contributed by atoms with Gasteiger partial charge in [-0.25, -0.2) is 9.97 Å². The van der Waals surface area contributed by atoms with Crippen LogP contribution in [0.3, 0.4) is 0 Å². The Morgan fingerprint density at radius 2 is 1.88 bits per heavy atom. The molecule has 0 aliphatic carbocycles. The maximum atomic E-state index is 12.6. The van der Waals surface area contributed by atoms with Crippen LogP contribution in [0.5, 0.6) is 0 Å². The highest BCUT2D eigenvalue weighted by molar-refractivity contribution is 5.93. The minimum atomic E-state index is -0.135. The summed E-state index contributed by atoms with van der Waals surface area (Å²) in [5.74, 6) is 1.31. The predicted molar refractivity (Wildman–Crippen MR) is 104 cm³/mol. The Morgan fingerprint density at radius 3 is 2.58 bits per heavy atom. The van der Waals surface area contributed by atoms with Crippen LogP contribution in [0.1, 0.15) is 29.8 Å². The summed E-state index contributed by atoms with van der Waals surface area (Å²) in [5.41, 5.74) is 1.36. The summed E-state index contributed by atoms with van der Waals surface area (Å²) in [6.07, 6.45) is 3.24. The second-order valence-corrected chi connectivity index (χ2v) is 6.91. The van der Waals surface area contributed by atoms with Gasteiger partial charge in [0, 0.05) is 31.3 Å². The molecule has 1 aromatic heterocycles. The number of hydrogen-bond acceptors (Lipinski definition) is 5. The van der Waals surface area contributed by atoms with E-state index in [0.29, 0.717) is 18.1 Å². The summed E-state index contributed by atoms with van der Waals surface area (Å²) >= 11 is 0. The molecule has 0 spiro atoms. The van der Waals surface area contributed by atoms with Crippen LogP contribution in [-0.2, 0) is 0 Å². The van der Waals surface area contributed by atoms with Crippen molar-refractivity contribution in [2.45, 2.75) is 19.3 Å². The first-order valence-electron chi connectivity index (χ1n) is 9.26. The van der Waals surface area contributed by atoms with E-state index in [-0.39, 0.29) is 5.91 Å². The standard InChI is InChI=1S/C20H27N5O/c1-24(2)12-8-11-21-20(26)17-15-18(25-13-6-7-14-25)23-19(22-17)16-9-4-3-5-10-16/h3-5,9-10,15H,6-8,11-14H2,1-2H3,(H,21,26). The van der Waals surface area contributed by atoms with Crippen LogP contribution in [0.25, 0.3) is 11.4 Å². The van der Waals surface area contributed by atoms with E-state index in [4.69, 9.17) is 4.98 Å². The van der Waals surface area contributed by atoms with E-state index in [1.54, 1.807) is 0 Å². The lowest BCUT2D eigenvalue weighted by atomic mass is 10.2. The highest BCUT2D eigenvalue weighted by Gasteiger charge is 2.18. The van der Waals surface area contributed by atoms with Crippen LogP contribution in [0.4, 0.5) is 5.82 Å². The molecule has 0 atom stereocenters. The van der Waals surface area contributed by atoms with Gasteiger partial charge in [0.15, 0.2) is 5.82 Å². The second kappa shape index (κ2) is 8.76. The van der Waals surface area contributed by atoms with Gasteiger partial charge in [0.25, 0.3) is 5.91 Å². The fraction of sp³-hybridized carbons (Fsp3) is 0.450. The van der Waals surface area contributed by atoms with Crippen molar-refractivity contribution in [1.82, 2.24) is 20.2 Å². The van der Waals surface area contributed by atoms with Crippen LogP contribution in [0.2, 0.25) is 0 Å². The highest BCUT2D eigenvalue weighted by atomic mass is 16.1. The summed E-state index contributed by atoms with van der Waals surface area (Å²) in [7, 11) is 4.06. The Morgan fingerprint density at radius 1 is 1.15 bits per heavy atom. The predicted octanol–water partition coefficient (Wildman–Crippen LogP) is 2.43. The van der Waals surface area contributed by atoms with Gasteiger partial charge in [-0.2, -0.15) is 0 Å². The molecule has 2 heterocycles. The number of carbonyl (C=O) groups is 1. The summed E-state index contributed by atoms with van der Waals surface area (Å²) in [4.78, 5) is 26.2. The molecule has 1 aliphatic rings. The highest BCUT2D eigenvalue weighted by Crippen LogP contribution is 2.23. The van der Waals surface area contributed by atoms with Crippen LogP contribution in [0, 0.1) is 0 Å². The van der Waals surface area contributed by atoms with E-state index in [1.165, 1.54) is 0 Å². The molecular formula is C20H27N5O. The van der Waals surface area contributed by atoms with E-state index in [9.17, 15) is 4.79 Å². The van der Waals surface area contributed by atoms with Gasteiger partial charge in [-0.15, -0.1) is 0 Å². The van der Waals surface area contributed by atoms with Crippen LogP contribution < -0.4 is 10.2 Å². The molecule has 6 nitrogen and oxygen atoms in total. The molecule has 0 unspecified atom stereocenters. The third-order valence-corrected chi connectivity index (χ3v) is 4.47. The van der Waals surface area contributed by atoms with Gasteiger partial charge >= 0.3 is 0 Å². The zero-order valence-corrected chi connectivity index (χ0v) is 15.6. The second-order valence-electron chi connectivity index (χ2n) is 6.91. The largest absolute Gasteiger partial charge is 0.356 e. The van der Waals surface area contributed by atoms with Gasteiger partial charge < -0.3 is 15.1 Å². The number of carbonyl (C=O) groups excluding carboxylic acids is 1. The van der Waals surface area contributed by atoms with Gasteiger partial charge in [-0.05, 0) is 39.9 Å². The number of rotatable bonds is 7. The smallest absolute Gasteiger partial charge is 0.270 e. The molecule has 138 valence electrons. The number of amides is 1. The van der Waals surface area contributed by atoms with Crippen molar-refractivity contribution < 1.29 is 4.79 Å². The minimum Gasteiger partial charge on any atom is -0.356 e. The normalized spacial score (nSPS) is 14.0. The van der Waals surface area contributed by atoms with E-state index in [1.807, 2.05) is 50.5 Å². The van der Waals surface area contributed by atoms with Gasteiger partial charge in [0.05, 0.1) is 0 Å². The molecule has 2 aromatic rings. The van der Waals surface area contributed by atoms with Gasteiger partial charge in [0.1, 0.15) is 11.5 Å². The Bertz CT molecular complexity index is 726. The molecule has 26 heavy (non-hydrogen) atoms. The fourth-order valence-corrected chi connectivity index (χ4v) is 3.06. The third kappa shape index (κ3) is 4.79. The van der Waals surface area contributed by atoms with Crippen LogP contribution >= 0.6 is 0 Å². The third-order valence-electron chi connectivity index (χ3n) is 4.47. The van der Waals surface area contributed by atoms with Gasteiger partial charge in [0.2, 0.25) is 0 Å². The molecule has 1 aromatic carbocycles. The van der Waals surface area contributed by atoms with Crippen molar-refractivity contribution in [3.8, 4) is 11.4 Å². The van der Waals surface area contributed by atoms with E-state index in [2.05, 4.69) is 20.1 Å². The van der Waals surface area contributed by atoms with Crippen molar-refractivity contribution >= 4 is 11.7 Å². The first kappa shape index (κ1) is 18.3. The van der Waals surface area contributed by atoms with E-state index < -0.39 is 0 Å². The van der Waals surface area contributed by atoms with Crippen molar-refractivity contribution in [3.05, 3.63) is 42.1 Å². The molecule has 0 saturated carbocycles.